The zero-order chi connectivity index (χ0) is 12.1. The molecule has 1 N–H and O–H groups in total. The van der Waals surface area contributed by atoms with Crippen LogP contribution in [0.4, 0.5) is 0 Å². The van der Waals surface area contributed by atoms with Gasteiger partial charge in [-0.3, -0.25) is 0 Å². The van der Waals surface area contributed by atoms with E-state index in [-0.39, 0.29) is 5.41 Å². The molecule has 4 nitrogen and oxygen atoms in total. The highest BCUT2D eigenvalue weighted by Crippen LogP contribution is 2.34. The number of unbranched alkanes of at least 4 members (excludes halogenated alkanes) is 1. The summed E-state index contributed by atoms with van der Waals surface area (Å²) in [7, 11) is 0. The largest absolute Gasteiger partial charge is 0.339 e. The Bertz CT molecular complexity index is 342. The zero-order valence-electron chi connectivity index (χ0n) is 11.0. The van der Waals surface area contributed by atoms with Crippen molar-refractivity contribution in [3.8, 4) is 0 Å². The lowest BCUT2D eigenvalue weighted by Crippen LogP contribution is -2.29. The van der Waals surface area contributed by atoms with E-state index in [9.17, 15) is 0 Å². The van der Waals surface area contributed by atoms with Crippen LogP contribution in [0.2, 0.25) is 0 Å². The third kappa shape index (κ3) is 2.68. The van der Waals surface area contributed by atoms with E-state index >= 15 is 0 Å². The Hall–Kier alpha value is -0.900. The van der Waals surface area contributed by atoms with Crippen molar-refractivity contribution in [3.05, 3.63) is 11.7 Å². The number of nitrogens with one attached hydrogen (secondary N) is 1. The quantitative estimate of drug-likeness (QED) is 0.825. The molecule has 0 aromatic carbocycles. The van der Waals surface area contributed by atoms with Gasteiger partial charge in [0.1, 0.15) is 0 Å². The lowest BCUT2D eigenvalue weighted by Gasteiger charge is -2.22. The molecule has 1 atom stereocenters. The first-order chi connectivity index (χ1) is 8.30. The Kier molecular flexibility index (Phi) is 4.15. The Labute approximate surface area is 103 Å². The molecule has 0 radical (unpaired) electrons. The smallest absolute Gasteiger partial charge is 0.234 e. The van der Waals surface area contributed by atoms with E-state index < -0.39 is 0 Å². The minimum atomic E-state index is 0.103. The lowest BCUT2D eigenvalue weighted by atomic mass is 9.82. The fraction of sp³-hybridized carbons (Fsp3) is 0.846. The summed E-state index contributed by atoms with van der Waals surface area (Å²) in [5.74, 6) is 1.74. The highest BCUT2D eigenvalue weighted by molar-refractivity contribution is 5.10. The summed E-state index contributed by atoms with van der Waals surface area (Å²) >= 11 is 0. The van der Waals surface area contributed by atoms with Crippen LogP contribution in [0.3, 0.4) is 0 Å². The topological polar surface area (TPSA) is 51.0 Å². The van der Waals surface area contributed by atoms with Crippen molar-refractivity contribution in [1.82, 2.24) is 15.5 Å². The van der Waals surface area contributed by atoms with Gasteiger partial charge in [-0.05, 0) is 25.8 Å². The van der Waals surface area contributed by atoms with Gasteiger partial charge in [0.05, 0.1) is 5.41 Å². The molecular weight excluding hydrogens is 214 g/mol. The summed E-state index contributed by atoms with van der Waals surface area (Å²) in [6.07, 6.45) is 6.67. The zero-order valence-corrected chi connectivity index (χ0v) is 11.0. The average Bonchev–Trinajstić information content (AvgIpc) is 2.96. The normalized spacial score (nSPS) is 24.4. The van der Waals surface area contributed by atoms with Gasteiger partial charge in [0, 0.05) is 13.0 Å². The van der Waals surface area contributed by atoms with E-state index in [4.69, 9.17) is 4.52 Å². The highest BCUT2D eigenvalue weighted by Gasteiger charge is 2.39. The molecule has 2 heterocycles. The summed E-state index contributed by atoms with van der Waals surface area (Å²) in [6.45, 7) is 6.44. The molecule has 4 heteroatoms. The molecule has 1 saturated heterocycles. The van der Waals surface area contributed by atoms with Crippen molar-refractivity contribution in [3.63, 3.8) is 0 Å². The van der Waals surface area contributed by atoms with E-state index in [0.29, 0.717) is 0 Å². The van der Waals surface area contributed by atoms with Crippen molar-refractivity contribution in [2.75, 3.05) is 13.1 Å². The number of rotatable bonds is 6. The van der Waals surface area contributed by atoms with Crippen molar-refractivity contribution in [1.29, 1.82) is 0 Å². The maximum absolute atomic E-state index is 5.50. The summed E-state index contributed by atoms with van der Waals surface area (Å²) in [5, 5.41) is 7.53. The molecular formula is C13H23N3O. The fourth-order valence-corrected chi connectivity index (χ4v) is 2.63. The highest BCUT2D eigenvalue weighted by atomic mass is 16.5. The number of hydrogen-bond acceptors (Lipinski definition) is 4. The summed E-state index contributed by atoms with van der Waals surface area (Å²) in [6, 6.07) is 0. The second-order valence-electron chi connectivity index (χ2n) is 5.08. The molecule has 0 amide bonds. The summed E-state index contributed by atoms with van der Waals surface area (Å²) in [5.41, 5.74) is 0.103. The Balaban J connectivity index is 2.10. The van der Waals surface area contributed by atoms with Crippen LogP contribution >= 0.6 is 0 Å². The van der Waals surface area contributed by atoms with Gasteiger partial charge in [-0.2, -0.15) is 4.98 Å². The van der Waals surface area contributed by atoms with E-state index in [0.717, 1.165) is 56.9 Å². The molecule has 0 bridgehead atoms. The van der Waals surface area contributed by atoms with Crippen molar-refractivity contribution in [2.45, 2.75) is 57.8 Å². The number of aryl methyl sites for hydroxylation is 1. The van der Waals surface area contributed by atoms with E-state index in [2.05, 4.69) is 29.3 Å². The molecule has 1 aromatic heterocycles. The molecule has 0 spiro atoms. The SMILES string of the molecule is CCCCc1noc(C2(CCC)CCNC2)n1. The molecule has 17 heavy (non-hydrogen) atoms. The molecule has 1 aromatic rings. The van der Waals surface area contributed by atoms with Crippen LogP contribution < -0.4 is 5.32 Å². The maximum Gasteiger partial charge on any atom is 0.234 e. The van der Waals surface area contributed by atoms with Crippen LogP contribution in [0, 0.1) is 0 Å². The molecule has 1 unspecified atom stereocenters. The van der Waals surface area contributed by atoms with Gasteiger partial charge < -0.3 is 9.84 Å². The van der Waals surface area contributed by atoms with Gasteiger partial charge in [-0.25, -0.2) is 0 Å². The predicted octanol–water partition coefficient (Wildman–Crippen LogP) is 2.44. The van der Waals surface area contributed by atoms with Crippen LogP contribution in [0.25, 0.3) is 0 Å². The lowest BCUT2D eigenvalue weighted by molar-refractivity contribution is 0.275. The number of aromatic nitrogens is 2. The van der Waals surface area contributed by atoms with Gasteiger partial charge in [0.2, 0.25) is 5.89 Å². The average molecular weight is 237 g/mol. The summed E-state index contributed by atoms with van der Waals surface area (Å²) < 4.78 is 5.50. The molecule has 1 aliphatic heterocycles. The van der Waals surface area contributed by atoms with E-state index in [1.54, 1.807) is 0 Å². The fourth-order valence-electron chi connectivity index (χ4n) is 2.63. The predicted molar refractivity (Wildman–Crippen MR) is 67.0 cm³/mol. The molecule has 0 aliphatic carbocycles. The first-order valence-electron chi connectivity index (χ1n) is 6.84. The summed E-state index contributed by atoms with van der Waals surface area (Å²) in [4.78, 5) is 4.60. The third-order valence-electron chi connectivity index (χ3n) is 3.65. The van der Waals surface area contributed by atoms with Crippen LogP contribution in [0.5, 0.6) is 0 Å². The van der Waals surface area contributed by atoms with Crippen LogP contribution in [0.1, 0.15) is 57.7 Å². The first-order valence-corrected chi connectivity index (χ1v) is 6.84. The van der Waals surface area contributed by atoms with Crippen molar-refractivity contribution < 1.29 is 4.52 Å². The number of nitrogens with zero attached hydrogens (tertiary/aromatic N) is 2. The Morgan fingerprint density at radius 3 is 2.88 bits per heavy atom. The monoisotopic (exact) mass is 237 g/mol. The minimum absolute atomic E-state index is 0.103. The van der Waals surface area contributed by atoms with Crippen LogP contribution in [-0.4, -0.2) is 23.2 Å². The minimum Gasteiger partial charge on any atom is -0.339 e. The van der Waals surface area contributed by atoms with Gasteiger partial charge in [0.25, 0.3) is 0 Å². The van der Waals surface area contributed by atoms with E-state index in [1.807, 2.05) is 0 Å². The van der Waals surface area contributed by atoms with Gasteiger partial charge in [0.15, 0.2) is 5.82 Å². The third-order valence-corrected chi connectivity index (χ3v) is 3.65. The van der Waals surface area contributed by atoms with Gasteiger partial charge in [-0.1, -0.05) is 31.8 Å². The van der Waals surface area contributed by atoms with Crippen molar-refractivity contribution >= 4 is 0 Å². The molecule has 96 valence electrons. The van der Waals surface area contributed by atoms with E-state index in [1.165, 1.54) is 6.42 Å². The number of hydrogen-bond donors (Lipinski definition) is 1. The van der Waals surface area contributed by atoms with Gasteiger partial charge >= 0.3 is 0 Å². The maximum atomic E-state index is 5.50. The molecule has 2 rings (SSSR count). The van der Waals surface area contributed by atoms with Crippen LogP contribution in [-0.2, 0) is 11.8 Å². The van der Waals surface area contributed by atoms with Gasteiger partial charge in [-0.15, -0.1) is 0 Å². The Morgan fingerprint density at radius 1 is 1.35 bits per heavy atom. The van der Waals surface area contributed by atoms with Crippen molar-refractivity contribution in [2.24, 2.45) is 0 Å². The first kappa shape index (κ1) is 12.6. The second kappa shape index (κ2) is 5.63. The molecule has 0 saturated carbocycles. The molecule has 1 fully saturated rings. The Morgan fingerprint density at radius 2 is 2.24 bits per heavy atom. The van der Waals surface area contributed by atoms with Crippen LogP contribution in [0.15, 0.2) is 4.52 Å². The standard InChI is InChI=1S/C13H23N3O/c1-3-5-6-11-15-12(17-16-11)13(7-4-2)8-9-14-10-13/h14H,3-10H2,1-2H3. The second-order valence-corrected chi connectivity index (χ2v) is 5.08. The molecule has 1 aliphatic rings.